The average molecular weight is 374 g/mol. The van der Waals surface area contributed by atoms with E-state index in [1.54, 1.807) is 0 Å². The van der Waals surface area contributed by atoms with E-state index in [2.05, 4.69) is 10.3 Å². The Hall–Kier alpha value is -2.77. The molecule has 2 aromatic carbocycles. The second-order valence-electron chi connectivity index (χ2n) is 5.28. The van der Waals surface area contributed by atoms with Crippen LogP contribution in [0.1, 0.15) is 15.9 Å². The van der Waals surface area contributed by atoms with Gasteiger partial charge in [-0.1, -0.05) is 41.4 Å². The van der Waals surface area contributed by atoms with Crippen LogP contribution in [0.3, 0.4) is 0 Å². The molecule has 8 heteroatoms. The quantitative estimate of drug-likeness (QED) is 0.518. The van der Waals surface area contributed by atoms with Gasteiger partial charge in [0.1, 0.15) is 5.56 Å². The Bertz CT molecular complexity index is 954. The monoisotopic (exact) mass is 373 g/mol. The predicted octanol–water partition coefficient (Wildman–Crippen LogP) is 4.93. The zero-order chi connectivity index (χ0) is 18.0. The summed E-state index contributed by atoms with van der Waals surface area (Å²) in [5.41, 5.74) is 2.37. The van der Waals surface area contributed by atoms with E-state index in [0.717, 1.165) is 16.8 Å². The largest absolute Gasteiger partial charge is 0.298 e. The fourth-order valence-electron chi connectivity index (χ4n) is 2.20. The van der Waals surface area contributed by atoms with Gasteiger partial charge < -0.3 is 0 Å². The molecule has 0 atom stereocenters. The van der Waals surface area contributed by atoms with Crippen LogP contribution in [0.2, 0.25) is 5.02 Å². The van der Waals surface area contributed by atoms with E-state index in [-0.39, 0.29) is 16.3 Å². The molecular weight excluding hydrogens is 362 g/mol. The normalized spacial score (nSPS) is 10.5. The minimum atomic E-state index is -0.626. The number of hydrogen-bond donors (Lipinski definition) is 1. The van der Waals surface area contributed by atoms with E-state index in [1.807, 2.05) is 36.6 Å². The first kappa shape index (κ1) is 17.1. The van der Waals surface area contributed by atoms with Crippen molar-refractivity contribution in [2.45, 2.75) is 6.92 Å². The van der Waals surface area contributed by atoms with Crippen molar-refractivity contribution >= 4 is 39.7 Å². The maximum atomic E-state index is 12.4. The number of nitro benzene ring substituents is 1. The van der Waals surface area contributed by atoms with Crippen molar-refractivity contribution < 1.29 is 9.72 Å². The first-order valence-corrected chi connectivity index (χ1v) is 8.47. The molecule has 126 valence electrons. The molecule has 1 N–H and O–H groups in total. The minimum absolute atomic E-state index is 0.107. The fourth-order valence-corrected chi connectivity index (χ4v) is 3.09. The molecular formula is C17H12ClN3O3S. The number of nitro groups is 1. The average Bonchev–Trinajstić information content (AvgIpc) is 3.03. The summed E-state index contributed by atoms with van der Waals surface area (Å²) in [6.45, 7) is 1.99. The van der Waals surface area contributed by atoms with E-state index < -0.39 is 10.8 Å². The lowest BCUT2D eigenvalue weighted by atomic mass is 10.1. The number of aromatic nitrogens is 1. The number of nitrogens with one attached hydrogen (secondary N) is 1. The van der Waals surface area contributed by atoms with Gasteiger partial charge in [-0.3, -0.25) is 20.2 Å². The highest BCUT2D eigenvalue weighted by atomic mass is 35.5. The molecule has 0 unspecified atom stereocenters. The van der Waals surface area contributed by atoms with E-state index in [1.165, 1.54) is 29.5 Å². The van der Waals surface area contributed by atoms with Crippen LogP contribution in [0.5, 0.6) is 0 Å². The van der Waals surface area contributed by atoms with Gasteiger partial charge in [0, 0.05) is 22.0 Å². The number of amides is 1. The van der Waals surface area contributed by atoms with Crippen LogP contribution in [-0.4, -0.2) is 15.8 Å². The molecule has 0 aliphatic carbocycles. The Morgan fingerprint density at radius 3 is 2.64 bits per heavy atom. The van der Waals surface area contributed by atoms with Crippen molar-refractivity contribution in [3.05, 3.63) is 74.1 Å². The smallest absolute Gasteiger partial charge is 0.282 e. The Morgan fingerprint density at radius 1 is 1.24 bits per heavy atom. The lowest BCUT2D eigenvalue weighted by Crippen LogP contribution is -2.13. The first-order valence-electron chi connectivity index (χ1n) is 7.22. The van der Waals surface area contributed by atoms with Crippen molar-refractivity contribution in [3.63, 3.8) is 0 Å². The zero-order valence-corrected chi connectivity index (χ0v) is 14.6. The van der Waals surface area contributed by atoms with Gasteiger partial charge in [-0.2, -0.15) is 0 Å². The third-order valence-corrected chi connectivity index (χ3v) is 4.46. The molecule has 0 saturated heterocycles. The highest BCUT2D eigenvalue weighted by Crippen LogP contribution is 2.27. The summed E-state index contributed by atoms with van der Waals surface area (Å²) in [6.07, 6.45) is 0. The number of aryl methyl sites for hydroxylation is 1. The molecule has 25 heavy (non-hydrogen) atoms. The third kappa shape index (κ3) is 3.84. The van der Waals surface area contributed by atoms with Crippen molar-refractivity contribution in [1.82, 2.24) is 4.98 Å². The summed E-state index contributed by atoms with van der Waals surface area (Å²) in [4.78, 5) is 27.2. The number of halogens is 1. The van der Waals surface area contributed by atoms with E-state index in [4.69, 9.17) is 11.6 Å². The minimum Gasteiger partial charge on any atom is -0.298 e. The van der Waals surface area contributed by atoms with Crippen LogP contribution in [0.4, 0.5) is 10.8 Å². The molecule has 6 nitrogen and oxygen atoms in total. The number of nitrogens with zero attached hydrogens (tertiary/aromatic N) is 2. The van der Waals surface area contributed by atoms with Gasteiger partial charge in [0.05, 0.1) is 10.6 Å². The molecule has 0 aliphatic heterocycles. The molecule has 3 rings (SSSR count). The standard InChI is InChI=1S/C17H12ClN3O3S/c1-10-2-4-11(5-3-10)14-9-25-17(19-14)20-16(22)13-8-12(18)6-7-15(13)21(23)24/h2-9H,1H3,(H,19,20,22). The maximum Gasteiger partial charge on any atom is 0.282 e. The van der Waals surface area contributed by atoms with Gasteiger partial charge in [0.2, 0.25) is 0 Å². The second kappa shape index (κ2) is 7.00. The van der Waals surface area contributed by atoms with Gasteiger partial charge in [0.25, 0.3) is 11.6 Å². The molecule has 3 aromatic rings. The molecule has 0 spiro atoms. The van der Waals surface area contributed by atoms with Gasteiger partial charge in [-0.15, -0.1) is 11.3 Å². The van der Waals surface area contributed by atoms with Crippen LogP contribution in [0.15, 0.2) is 47.8 Å². The van der Waals surface area contributed by atoms with Crippen molar-refractivity contribution in [2.24, 2.45) is 0 Å². The Morgan fingerprint density at radius 2 is 1.96 bits per heavy atom. The van der Waals surface area contributed by atoms with Crippen LogP contribution in [0.25, 0.3) is 11.3 Å². The predicted molar refractivity (Wildman–Crippen MR) is 98.3 cm³/mol. The number of carbonyl (C=O) groups excluding carboxylic acids is 1. The molecule has 1 heterocycles. The van der Waals surface area contributed by atoms with Crippen LogP contribution < -0.4 is 5.32 Å². The zero-order valence-electron chi connectivity index (χ0n) is 13.0. The second-order valence-corrected chi connectivity index (χ2v) is 6.57. The van der Waals surface area contributed by atoms with Crippen molar-refractivity contribution in [2.75, 3.05) is 5.32 Å². The summed E-state index contributed by atoms with van der Waals surface area (Å²) in [7, 11) is 0. The van der Waals surface area contributed by atoms with Gasteiger partial charge in [0.15, 0.2) is 5.13 Å². The molecule has 0 saturated carbocycles. The lowest BCUT2D eigenvalue weighted by Gasteiger charge is -2.03. The molecule has 0 radical (unpaired) electrons. The molecule has 1 amide bonds. The summed E-state index contributed by atoms with van der Waals surface area (Å²) in [6, 6.07) is 11.7. The molecule has 1 aromatic heterocycles. The number of rotatable bonds is 4. The summed E-state index contributed by atoms with van der Waals surface area (Å²) in [5.74, 6) is -0.626. The van der Waals surface area contributed by atoms with Gasteiger partial charge in [-0.05, 0) is 19.1 Å². The molecule has 0 bridgehead atoms. The Labute approximate surface area is 152 Å². The lowest BCUT2D eigenvalue weighted by molar-refractivity contribution is -0.385. The van der Waals surface area contributed by atoms with Crippen LogP contribution in [0, 0.1) is 17.0 Å². The Kier molecular flexibility index (Phi) is 4.78. The topological polar surface area (TPSA) is 85.1 Å². The highest BCUT2D eigenvalue weighted by molar-refractivity contribution is 7.14. The summed E-state index contributed by atoms with van der Waals surface area (Å²) >= 11 is 7.09. The Balaban J connectivity index is 1.84. The third-order valence-electron chi connectivity index (χ3n) is 3.47. The van der Waals surface area contributed by atoms with Crippen molar-refractivity contribution in [3.8, 4) is 11.3 Å². The van der Waals surface area contributed by atoms with E-state index in [0.29, 0.717) is 5.13 Å². The number of anilines is 1. The van der Waals surface area contributed by atoms with E-state index >= 15 is 0 Å². The van der Waals surface area contributed by atoms with Gasteiger partial charge in [-0.25, -0.2) is 4.98 Å². The van der Waals surface area contributed by atoms with Gasteiger partial charge >= 0.3 is 0 Å². The maximum absolute atomic E-state index is 12.4. The summed E-state index contributed by atoms with van der Waals surface area (Å²) in [5, 5.41) is 16.1. The highest BCUT2D eigenvalue weighted by Gasteiger charge is 2.21. The number of carbonyl (C=O) groups is 1. The van der Waals surface area contributed by atoms with Crippen LogP contribution >= 0.6 is 22.9 Å². The number of hydrogen-bond acceptors (Lipinski definition) is 5. The number of benzene rings is 2. The van der Waals surface area contributed by atoms with Crippen LogP contribution in [-0.2, 0) is 0 Å². The number of thiazole rings is 1. The SMILES string of the molecule is Cc1ccc(-c2csc(NC(=O)c3cc(Cl)ccc3[N+](=O)[O-])n2)cc1. The van der Waals surface area contributed by atoms with E-state index in [9.17, 15) is 14.9 Å². The van der Waals surface area contributed by atoms with Crippen molar-refractivity contribution in [1.29, 1.82) is 0 Å². The summed E-state index contributed by atoms with van der Waals surface area (Å²) < 4.78 is 0. The first-order chi connectivity index (χ1) is 11.9. The molecule has 0 fully saturated rings. The fraction of sp³-hybridized carbons (Fsp3) is 0.0588. The molecule has 0 aliphatic rings.